The lowest BCUT2D eigenvalue weighted by Crippen LogP contribution is -2.28. The van der Waals surface area contributed by atoms with E-state index in [1.54, 1.807) is 0 Å². The molecule has 1 aliphatic carbocycles. The van der Waals surface area contributed by atoms with Gasteiger partial charge in [-0.1, -0.05) is 43.2 Å². The van der Waals surface area contributed by atoms with Gasteiger partial charge in [0, 0.05) is 6.04 Å². The van der Waals surface area contributed by atoms with Crippen LogP contribution in [0.4, 0.5) is 0 Å². The van der Waals surface area contributed by atoms with E-state index in [-0.39, 0.29) is 0 Å². The van der Waals surface area contributed by atoms with Crippen molar-refractivity contribution in [3.63, 3.8) is 0 Å². The standard InChI is InChI=1S/C20H25NO3/c1-2-6-17(7-3-1)16-23-20-12-10-19(11-13-20)22-14-15-24-21-18-8-4-5-9-18/h1-3,6-7,10-13,18,21H,4-5,8-9,14-16H2. The van der Waals surface area contributed by atoms with Crippen LogP contribution >= 0.6 is 0 Å². The van der Waals surface area contributed by atoms with E-state index < -0.39 is 0 Å². The largest absolute Gasteiger partial charge is 0.491 e. The third kappa shape index (κ3) is 5.55. The Labute approximate surface area is 143 Å². The van der Waals surface area contributed by atoms with Crippen molar-refractivity contribution in [3.8, 4) is 11.5 Å². The van der Waals surface area contributed by atoms with Crippen LogP contribution in [0, 0.1) is 0 Å². The fourth-order valence-electron chi connectivity index (χ4n) is 2.79. The Morgan fingerprint density at radius 2 is 1.46 bits per heavy atom. The Hall–Kier alpha value is -2.04. The zero-order chi connectivity index (χ0) is 16.5. The maximum atomic E-state index is 5.76. The van der Waals surface area contributed by atoms with Crippen molar-refractivity contribution >= 4 is 0 Å². The molecule has 2 aromatic rings. The highest BCUT2D eigenvalue weighted by Crippen LogP contribution is 2.19. The van der Waals surface area contributed by atoms with Gasteiger partial charge in [0.15, 0.2) is 0 Å². The Morgan fingerprint density at radius 3 is 2.17 bits per heavy atom. The molecule has 0 saturated heterocycles. The summed E-state index contributed by atoms with van der Waals surface area (Å²) in [5.74, 6) is 1.66. The predicted molar refractivity (Wildman–Crippen MR) is 94.1 cm³/mol. The van der Waals surface area contributed by atoms with Crippen molar-refractivity contribution in [2.75, 3.05) is 13.2 Å². The van der Waals surface area contributed by atoms with E-state index in [4.69, 9.17) is 14.3 Å². The van der Waals surface area contributed by atoms with Crippen LogP contribution in [0.5, 0.6) is 11.5 Å². The molecule has 1 N–H and O–H groups in total. The average Bonchev–Trinajstić information content (AvgIpc) is 3.15. The minimum Gasteiger partial charge on any atom is -0.491 e. The van der Waals surface area contributed by atoms with Crippen LogP contribution < -0.4 is 15.0 Å². The van der Waals surface area contributed by atoms with Gasteiger partial charge in [-0.05, 0) is 42.7 Å². The number of nitrogens with one attached hydrogen (secondary N) is 1. The zero-order valence-corrected chi connectivity index (χ0v) is 13.9. The normalized spacial score (nSPS) is 14.7. The van der Waals surface area contributed by atoms with Crippen LogP contribution in [-0.4, -0.2) is 19.3 Å². The summed E-state index contributed by atoms with van der Waals surface area (Å²) in [6.07, 6.45) is 5.03. The molecule has 4 heteroatoms. The average molecular weight is 327 g/mol. The van der Waals surface area contributed by atoms with Gasteiger partial charge in [-0.25, -0.2) is 0 Å². The number of benzene rings is 2. The molecular formula is C20H25NO3. The molecule has 0 spiro atoms. The van der Waals surface area contributed by atoms with Crippen LogP contribution in [-0.2, 0) is 11.4 Å². The number of hydroxylamine groups is 1. The van der Waals surface area contributed by atoms with Gasteiger partial charge < -0.3 is 9.47 Å². The molecule has 2 aromatic carbocycles. The molecule has 0 heterocycles. The molecule has 128 valence electrons. The first-order valence-electron chi connectivity index (χ1n) is 8.67. The second-order valence-electron chi connectivity index (χ2n) is 6.04. The van der Waals surface area contributed by atoms with Gasteiger partial charge in [-0.15, -0.1) is 0 Å². The lowest BCUT2D eigenvalue weighted by molar-refractivity contribution is 0.00206. The summed E-state index contributed by atoms with van der Waals surface area (Å²) >= 11 is 0. The van der Waals surface area contributed by atoms with Crippen molar-refractivity contribution in [2.24, 2.45) is 0 Å². The van der Waals surface area contributed by atoms with E-state index in [2.05, 4.69) is 17.6 Å². The summed E-state index contributed by atoms with van der Waals surface area (Å²) in [6.45, 7) is 1.65. The summed E-state index contributed by atoms with van der Waals surface area (Å²) in [7, 11) is 0. The molecule has 3 rings (SSSR count). The second kappa shape index (κ2) is 9.30. The molecule has 0 aromatic heterocycles. The molecule has 0 atom stereocenters. The molecule has 1 fully saturated rings. The quantitative estimate of drug-likeness (QED) is 0.556. The molecule has 0 aliphatic heterocycles. The molecule has 0 amide bonds. The highest BCUT2D eigenvalue weighted by Gasteiger charge is 2.13. The number of ether oxygens (including phenoxy) is 2. The van der Waals surface area contributed by atoms with Gasteiger partial charge in [-0.3, -0.25) is 4.84 Å². The van der Waals surface area contributed by atoms with Crippen LogP contribution in [0.3, 0.4) is 0 Å². The first kappa shape index (κ1) is 16.8. The topological polar surface area (TPSA) is 39.7 Å². The van der Waals surface area contributed by atoms with Crippen molar-refractivity contribution < 1.29 is 14.3 Å². The van der Waals surface area contributed by atoms with Crippen LogP contribution in [0.25, 0.3) is 0 Å². The van der Waals surface area contributed by atoms with Gasteiger partial charge in [0.05, 0.1) is 0 Å². The third-order valence-electron chi connectivity index (χ3n) is 4.13. The molecule has 0 unspecified atom stereocenters. The summed E-state index contributed by atoms with van der Waals surface area (Å²) in [5.41, 5.74) is 4.27. The van der Waals surface area contributed by atoms with Gasteiger partial charge >= 0.3 is 0 Å². The summed E-state index contributed by atoms with van der Waals surface area (Å²) in [6, 6.07) is 18.3. The van der Waals surface area contributed by atoms with E-state index >= 15 is 0 Å². The summed E-state index contributed by atoms with van der Waals surface area (Å²) in [4.78, 5) is 5.45. The highest BCUT2D eigenvalue weighted by molar-refractivity contribution is 5.31. The molecule has 1 aliphatic rings. The Kier molecular flexibility index (Phi) is 6.51. The van der Waals surface area contributed by atoms with E-state index in [1.165, 1.54) is 25.7 Å². The Morgan fingerprint density at radius 1 is 0.792 bits per heavy atom. The van der Waals surface area contributed by atoms with Crippen LogP contribution in [0.15, 0.2) is 54.6 Å². The minimum absolute atomic E-state index is 0.519. The predicted octanol–water partition coefficient (Wildman–Crippen LogP) is 4.11. The van der Waals surface area contributed by atoms with Crippen LogP contribution in [0.2, 0.25) is 0 Å². The van der Waals surface area contributed by atoms with Gasteiger partial charge in [0.25, 0.3) is 0 Å². The van der Waals surface area contributed by atoms with E-state index in [0.29, 0.717) is 25.9 Å². The van der Waals surface area contributed by atoms with Gasteiger partial charge in [-0.2, -0.15) is 5.48 Å². The van der Waals surface area contributed by atoms with Gasteiger partial charge in [0.2, 0.25) is 0 Å². The highest BCUT2D eigenvalue weighted by atomic mass is 16.7. The third-order valence-corrected chi connectivity index (χ3v) is 4.13. The lowest BCUT2D eigenvalue weighted by Gasteiger charge is -2.12. The number of rotatable bonds is 9. The first-order chi connectivity index (χ1) is 11.9. The SMILES string of the molecule is c1ccc(COc2ccc(OCCONC3CCCC3)cc2)cc1. The number of hydrogen-bond donors (Lipinski definition) is 1. The fraction of sp³-hybridized carbons (Fsp3) is 0.400. The Balaban J connectivity index is 1.32. The molecule has 1 saturated carbocycles. The summed E-state index contributed by atoms with van der Waals surface area (Å²) in [5, 5.41) is 0. The monoisotopic (exact) mass is 327 g/mol. The van der Waals surface area contributed by atoms with E-state index in [0.717, 1.165) is 17.1 Å². The summed E-state index contributed by atoms with van der Waals surface area (Å²) < 4.78 is 11.4. The van der Waals surface area contributed by atoms with E-state index in [1.807, 2.05) is 42.5 Å². The fourth-order valence-corrected chi connectivity index (χ4v) is 2.79. The maximum absolute atomic E-state index is 5.76. The molecule has 24 heavy (non-hydrogen) atoms. The lowest BCUT2D eigenvalue weighted by atomic mass is 10.2. The molecule has 4 nitrogen and oxygen atoms in total. The second-order valence-corrected chi connectivity index (χ2v) is 6.04. The zero-order valence-electron chi connectivity index (χ0n) is 13.9. The maximum Gasteiger partial charge on any atom is 0.120 e. The van der Waals surface area contributed by atoms with Crippen molar-refractivity contribution in [1.82, 2.24) is 5.48 Å². The van der Waals surface area contributed by atoms with Crippen molar-refractivity contribution in [1.29, 1.82) is 0 Å². The minimum atomic E-state index is 0.519. The molecule has 0 bridgehead atoms. The molecule has 0 radical (unpaired) electrons. The smallest absolute Gasteiger partial charge is 0.120 e. The van der Waals surface area contributed by atoms with Crippen molar-refractivity contribution in [3.05, 3.63) is 60.2 Å². The van der Waals surface area contributed by atoms with Crippen molar-refractivity contribution in [2.45, 2.75) is 38.3 Å². The number of hydrogen-bond acceptors (Lipinski definition) is 4. The van der Waals surface area contributed by atoms with Gasteiger partial charge in [0.1, 0.15) is 31.3 Å². The first-order valence-corrected chi connectivity index (χ1v) is 8.67. The molecular weight excluding hydrogens is 302 g/mol. The van der Waals surface area contributed by atoms with E-state index in [9.17, 15) is 0 Å². The Bertz CT molecular complexity index is 580. The van der Waals surface area contributed by atoms with Crippen LogP contribution in [0.1, 0.15) is 31.2 Å².